The van der Waals surface area contributed by atoms with Gasteiger partial charge in [-0.2, -0.15) is 0 Å². The Morgan fingerprint density at radius 3 is 2.35 bits per heavy atom. The third-order valence-electron chi connectivity index (χ3n) is 3.49. The first kappa shape index (κ1) is 11.7. The monoisotopic (exact) mass is 322 g/mol. The third-order valence-corrected chi connectivity index (χ3v) is 4.15. The average Bonchev–Trinajstić information content (AvgIpc) is 2.93. The number of nitrogens with one attached hydrogen (secondary N) is 1. The Labute approximate surface area is 124 Å². The van der Waals surface area contributed by atoms with Gasteiger partial charge in [-0.15, -0.1) is 0 Å². The molecule has 0 saturated carbocycles. The van der Waals surface area contributed by atoms with Gasteiger partial charge in [-0.25, -0.2) is 4.98 Å². The van der Waals surface area contributed by atoms with Crippen LogP contribution in [0.4, 0.5) is 0 Å². The van der Waals surface area contributed by atoms with E-state index in [-0.39, 0.29) is 0 Å². The third kappa shape index (κ3) is 1.74. The molecule has 0 saturated heterocycles. The molecule has 0 fully saturated rings. The van der Waals surface area contributed by atoms with E-state index in [1.165, 1.54) is 5.39 Å². The van der Waals surface area contributed by atoms with Crippen molar-refractivity contribution < 1.29 is 0 Å². The molecule has 0 amide bonds. The van der Waals surface area contributed by atoms with E-state index < -0.39 is 0 Å². The van der Waals surface area contributed by atoms with Crippen LogP contribution in [0, 0.1) is 0 Å². The lowest BCUT2D eigenvalue weighted by Crippen LogP contribution is -1.78. The van der Waals surface area contributed by atoms with E-state index in [4.69, 9.17) is 4.98 Å². The van der Waals surface area contributed by atoms with Crippen LogP contribution in [-0.2, 0) is 0 Å². The van der Waals surface area contributed by atoms with E-state index in [0.717, 1.165) is 32.3 Å². The molecule has 1 heterocycles. The van der Waals surface area contributed by atoms with Crippen molar-refractivity contribution in [1.82, 2.24) is 9.97 Å². The number of hydrogen-bond acceptors (Lipinski definition) is 1. The van der Waals surface area contributed by atoms with Gasteiger partial charge in [0.1, 0.15) is 5.82 Å². The summed E-state index contributed by atoms with van der Waals surface area (Å²) in [6.45, 7) is 0. The molecule has 4 aromatic rings. The SMILES string of the molecule is Brc1cc2[nH]c(-c3ccccc3)nc2c2ccccc12. The zero-order valence-electron chi connectivity index (χ0n) is 10.6. The number of aromatic nitrogens is 2. The van der Waals surface area contributed by atoms with Crippen molar-refractivity contribution in [1.29, 1.82) is 0 Å². The maximum atomic E-state index is 4.78. The van der Waals surface area contributed by atoms with Gasteiger partial charge >= 0.3 is 0 Å². The summed E-state index contributed by atoms with van der Waals surface area (Å²) in [5, 5.41) is 2.35. The first-order valence-corrected chi connectivity index (χ1v) is 7.24. The first-order valence-electron chi connectivity index (χ1n) is 6.45. The summed E-state index contributed by atoms with van der Waals surface area (Å²) in [6, 6.07) is 20.6. The van der Waals surface area contributed by atoms with Gasteiger partial charge in [-0.1, -0.05) is 70.5 Å². The molecule has 0 bridgehead atoms. The van der Waals surface area contributed by atoms with Gasteiger partial charge in [0.2, 0.25) is 0 Å². The van der Waals surface area contributed by atoms with Crippen LogP contribution >= 0.6 is 15.9 Å². The van der Waals surface area contributed by atoms with Gasteiger partial charge in [-0.3, -0.25) is 0 Å². The Balaban J connectivity index is 2.07. The molecule has 0 aliphatic heterocycles. The van der Waals surface area contributed by atoms with Gasteiger partial charge in [0.15, 0.2) is 0 Å². The lowest BCUT2D eigenvalue weighted by molar-refractivity contribution is 1.34. The van der Waals surface area contributed by atoms with Gasteiger partial charge in [0.25, 0.3) is 0 Å². The topological polar surface area (TPSA) is 28.7 Å². The molecule has 1 aromatic heterocycles. The number of hydrogen-bond donors (Lipinski definition) is 1. The van der Waals surface area contributed by atoms with Crippen LogP contribution in [0.15, 0.2) is 65.1 Å². The van der Waals surface area contributed by atoms with Crippen LogP contribution in [-0.4, -0.2) is 9.97 Å². The zero-order valence-corrected chi connectivity index (χ0v) is 12.2. The molecule has 96 valence electrons. The van der Waals surface area contributed by atoms with Crippen molar-refractivity contribution in [2.75, 3.05) is 0 Å². The standard InChI is InChI=1S/C17H11BrN2/c18-14-10-15-16(13-9-5-4-8-12(13)14)20-17(19-15)11-6-2-1-3-7-11/h1-10H,(H,19,20). The number of aromatic amines is 1. The molecule has 0 atom stereocenters. The van der Waals surface area contributed by atoms with Crippen LogP contribution < -0.4 is 0 Å². The number of H-pyrrole nitrogens is 1. The molecule has 3 aromatic carbocycles. The number of fused-ring (bicyclic) bond motifs is 3. The van der Waals surface area contributed by atoms with E-state index >= 15 is 0 Å². The van der Waals surface area contributed by atoms with Gasteiger partial charge < -0.3 is 4.98 Å². The predicted octanol–water partition coefficient (Wildman–Crippen LogP) is 5.15. The first-order chi connectivity index (χ1) is 9.83. The molecular formula is C17H11BrN2. The van der Waals surface area contributed by atoms with Crippen LogP contribution in [0.3, 0.4) is 0 Å². The summed E-state index contributed by atoms with van der Waals surface area (Å²) in [7, 11) is 0. The molecule has 0 aliphatic carbocycles. The fourth-order valence-corrected chi connectivity index (χ4v) is 3.11. The minimum Gasteiger partial charge on any atom is -0.338 e. The highest BCUT2D eigenvalue weighted by Gasteiger charge is 2.10. The number of benzene rings is 3. The van der Waals surface area contributed by atoms with Crippen molar-refractivity contribution >= 4 is 37.7 Å². The molecule has 20 heavy (non-hydrogen) atoms. The number of halogens is 1. The zero-order chi connectivity index (χ0) is 13.5. The van der Waals surface area contributed by atoms with Crippen LogP contribution in [0.25, 0.3) is 33.2 Å². The Morgan fingerprint density at radius 1 is 0.850 bits per heavy atom. The van der Waals surface area contributed by atoms with Crippen molar-refractivity contribution in [2.24, 2.45) is 0 Å². The summed E-state index contributed by atoms with van der Waals surface area (Å²) in [5.41, 5.74) is 3.17. The second-order valence-corrected chi connectivity index (χ2v) is 5.61. The molecule has 0 spiro atoms. The minimum atomic E-state index is 0.906. The molecule has 0 radical (unpaired) electrons. The Bertz CT molecular complexity index is 910. The molecule has 3 heteroatoms. The van der Waals surface area contributed by atoms with Gasteiger partial charge in [0, 0.05) is 15.4 Å². The summed E-state index contributed by atoms with van der Waals surface area (Å²) in [5.74, 6) is 0.906. The maximum absolute atomic E-state index is 4.78. The highest BCUT2D eigenvalue weighted by Crippen LogP contribution is 2.32. The fourth-order valence-electron chi connectivity index (χ4n) is 2.53. The molecule has 1 N–H and O–H groups in total. The largest absolute Gasteiger partial charge is 0.338 e. The lowest BCUT2D eigenvalue weighted by atomic mass is 10.1. The quantitative estimate of drug-likeness (QED) is 0.516. The van der Waals surface area contributed by atoms with Gasteiger partial charge in [-0.05, 0) is 11.5 Å². The van der Waals surface area contributed by atoms with Crippen molar-refractivity contribution in [3.05, 3.63) is 65.1 Å². The molecule has 4 rings (SSSR count). The van der Waals surface area contributed by atoms with Crippen molar-refractivity contribution in [2.45, 2.75) is 0 Å². The Kier molecular flexibility index (Phi) is 2.60. The smallest absolute Gasteiger partial charge is 0.138 e. The number of rotatable bonds is 1. The lowest BCUT2D eigenvalue weighted by Gasteiger charge is -2.00. The van der Waals surface area contributed by atoms with Crippen LogP contribution in [0.2, 0.25) is 0 Å². The summed E-state index contributed by atoms with van der Waals surface area (Å²) in [4.78, 5) is 8.18. The van der Waals surface area contributed by atoms with E-state index in [0.29, 0.717) is 0 Å². The van der Waals surface area contributed by atoms with Crippen LogP contribution in [0.1, 0.15) is 0 Å². The number of nitrogens with zero attached hydrogens (tertiary/aromatic N) is 1. The fraction of sp³-hybridized carbons (Fsp3) is 0. The Hall–Kier alpha value is -2.13. The maximum Gasteiger partial charge on any atom is 0.138 e. The molecular weight excluding hydrogens is 312 g/mol. The van der Waals surface area contributed by atoms with E-state index in [1.54, 1.807) is 0 Å². The van der Waals surface area contributed by atoms with E-state index in [2.05, 4.69) is 51.2 Å². The van der Waals surface area contributed by atoms with Crippen LogP contribution in [0.5, 0.6) is 0 Å². The summed E-state index contributed by atoms with van der Waals surface area (Å²) < 4.78 is 1.09. The summed E-state index contributed by atoms with van der Waals surface area (Å²) in [6.07, 6.45) is 0. The predicted molar refractivity (Wildman–Crippen MR) is 86.7 cm³/mol. The molecule has 0 unspecified atom stereocenters. The summed E-state index contributed by atoms with van der Waals surface area (Å²) >= 11 is 3.64. The number of imidazole rings is 1. The van der Waals surface area contributed by atoms with Gasteiger partial charge in [0.05, 0.1) is 11.0 Å². The highest BCUT2D eigenvalue weighted by atomic mass is 79.9. The minimum absolute atomic E-state index is 0.906. The highest BCUT2D eigenvalue weighted by molar-refractivity contribution is 9.10. The normalized spacial score (nSPS) is 11.2. The van der Waals surface area contributed by atoms with Crippen molar-refractivity contribution in [3.8, 4) is 11.4 Å². The van der Waals surface area contributed by atoms with E-state index in [9.17, 15) is 0 Å². The Morgan fingerprint density at radius 2 is 1.55 bits per heavy atom. The molecule has 0 aliphatic rings. The second kappa shape index (κ2) is 4.46. The second-order valence-electron chi connectivity index (χ2n) is 4.75. The van der Waals surface area contributed by atoms with E-state index in [1.807, 2.05) is 30.3 Å². The average molecular weight is 323 g/mol. The van der Waals surface area contributed by atoms with Crippen molar-refractivity contribution in [3.63, 3.8) is 0 Å². The molecule has 2 nitrogen and oxygen atoms in total.